The van der Waals surface area contributed by atoms with Gasteiger partial charge in [-0.15, -0.1) is 12.3 Å². The Kier molecular flexibility index (Phi) is 5.08. The number of aliphatic hydroxyl groups excluding tert-OH is 1. The Morgan fingerprint density at radius 2 is 2.03 bits per heavy atom. The fourth-order valence-corrected chi connectivity index (χ4v) is 8.22. The minimum absolute atomic E-state index is 0.00933. The van der Waals surface area contributed by atoms with Crippen LogP contribution < -0.4 is 0 Å². The van der Waals surface area contributed by atoms with E-state index in [1.54, 1.807) is 7.11 Å². The highest BCUT2D eigenvalue weighted by Gasteiger charge is 2.60. The van der Waals surface area contributed by atoms with Crippen LogP contribution in [0, 0.1) is 40.9 Å². The summed E-state index contributed by atoms with van der Waals surface area (Å²) < 4.78 is 17.8. The van der Waals surface area contributed by atoms with Crippen LogP contribution in [0.2, 0.25) is 0 Å². The van der Waals surface area contributed by atoms with Crippen LogP contribution in [-0.2, 0) is 14.2 Å². The summed E-state index contributed by atoms with van der Waals surface area (Å²) in [6.07, 6.45) is 18.0. The van der Waals surface area contributed by atoms with Crippen LogP contribution >= 0.6 is 0 Å². The van der Waals surface area contributed by atoms with Crippen molar-refractivity contribution in [3.63, 3.8) is 0 Å². The van der Waals surface area contributed by atoms with Gasteiger partial charge in [-0.1, -0.05) is 18.6 Å². The number of fused-ring (bicyclic) bond motifs is 5. The topological polar surface area (TPSA) is 47.9 Å². The smallest absolute Gasteiger partial charge is 0.172 e. The van der Waals surface area contributed by atoms with E-state index in [1.165, 1.54) is 30.4 Å². The SMILES string of the molecule is C#CC[C@]12CCC3(CC1=CC[C@@H]1[C@@H]2CC[C@]2(C)/C(=C(\CO)OC)CC[C@@H]12)OCCO3. The molecule has 4 aliphatic carbocycles. The van der Waals surface area contributed by atoms with Gasteiger partial charge in [0.15, 0.2) is 5.79 Å². The third-order valence-corrected chi connectivity index (χ3v) is 9.58. The quantitative estimate of drug-likeness (QED) is 0.418. The first-order chi connectivity index (χ1) is 14.5. The number of aliphatic hydroxyl groups is 1. The maximum absolute atomic E-state index is 9.85. The number of hydrogen-bond acceptors (Lipinski definition) is 4. The van der Waals surface area contributed by atoms with Gasteiger partial charge in [-0.05, 0) is 67.3 Å². The molecule has 0 bridgehead atoms. The van der Waals surface area contributed by atoms with Gasteiger partial charge in [0.05, 0.1) is 20.3 Å². The van der Waals surface area contributed by atoms with Crippen LogP contribution in [0.15, 0.2) is 23.0 Å². The highest BCUT2D eigenvalue weighted by Crippen LogP contribution is 2.68. The molecule has 0 aromatic carbocycles. The van der Waals surface area contributed by atoms with Crippen molar-refractivity contribution in [1.29, 1.82) is 0 Å². The molecule has 3 saturated carbocycles. The summed E-state index contributed by atoms with van der Waals surface area (Å²) in [6, 6.07) is 0. The van der Waals surface area contributed by atoms with E-state index in [4.69, 9.17) is 20.6 Å². The van der Waals surface area contributed by atoms with Crippen LogP contribution in [0.5, 0.6) is 0 Å². The van der Waals surface area contributed by atoms with Gasteiger partial charge in [0, 0.05) is 24.7 Å². The van der Waals surface area contributed by atoms with Crippen molar-refractivity contribution in [3.05, 3.63) is 23.0 Å². The minimum Gasteiger partial charge on any atom is -0.499 e. The van der Waals surface area contributed by atoms with E-state index in [0.29, 0.717) is 31.0 Å². The van der Waals surface area contributed by atoms with Gasteiger partial charge in [0.1, 0.15) is 12.4 Å². The molecule has 0 amide bonds. The highest BCUT2D eigenvalue weighted by atomic mass is 16.7. The van der Waals surface area contributed by atoms with E-state index >= 15 is 0 Å². The second-order valence-electron chi connectivity index (χ2n) is 10.4. The van der Waals surface area contributed by atoms with Crippen LogP contribution in [0.1, 0.15) is 64.7 Å². The van der Waals surface area contributed by atoms with Gasteiger partial charge < -0.3 is 19.3 Å². The van der Waals surface area contributed by atoms with E-state index < -0.39 is 5.79 Å². The molecule has 5 rings (SSSR count). The zero-order valence-electron chi connectivity index (χ0n) is 18.5. The summed E-state index contributed by atoms with van der Waals surface area (Å²) in [5, 5.41) is 9.85. The first-order valence-electron chi connectivity index (χ1n) is 11.8. The third-order valence-electron chi connectivity index (χ3n) is 9.58. The van der Waals surface area contributed by atoms with E-state index in [0.717, 1.165) is 44.3 Å². The van der Waals surface area contributed by atoms with Gasteiger partial charge in [-0.25, -0.2) is 0 Å². The number of rotatable bonds is 3. The van der Waals surface area contributed by atoms with Crippen molar-refractivity contribution >= 4 is 0 Å². The molecule has 1 heterocycles. The monoisotopic (exact) mass is 412 g/mol. The van der Waals surface area contributed by atoms with E-state index in [9.17, 15) is 5.11 Å². The lowest BCUT2D eigenvalue weighted by atomic mass is 9.46. The maximum Gasteiger partial charge on any atom is 0.172 e. The van der Waals surface area contributed by atoms with Gasteiger partial charge >= 0.3 is 0 Å². The van der Waals surface area contributed by atoms with Crippen molar-refractivity contribution in [2.24, 2.45) is 28.6 Å². The Morgan fingerprint density at radius 1 is 1.23 bits per heavy atom. The molecule has 4 heteroatoms. The van der Waals surface area contributed by atoms with Crippen LogP contribution in [0.25, 0.3) is 0 Å². The zero-order valence-corrected chi connectivity index (χ0v) is 18.5. The van der Waals surface area contributed by atoms with Crippen LogP contribution in [-0.4, -0.2) is 37.8 Å². The van der Waals surface area contributed by atoms with Crippen molar-refractivity contribution in [2.75, 3.05) is 26.9 Å². The van der Waals surface area contributed by atoms with Crippen molar-refractivity contribution in [3.8, 4) is 12.3 Å². The second-order valence-corrected chi connectivity index (χ2v) is 10.4. The summed E-state index contributed by atoms with van der Waals surface area (Å²) in [6.45, 7) is 3.86. The molecular weight excluding hydrogens is 376 g/mol. The van der Waals surface area contributed by atoms with E-state index in [1.807, 2.05) is 0 Å². The van der Waals surface area contributed by atoms with Crippen molar-refractivity contribution in [2.45, 2.75) is 70.5 Å². The first kappa shape index (κ1) is 20.6. The molecule has 164 valence electrons. The number of allylic oxidation sites excluding steroid dienone is 2. The molecule has 0 unspecified atom stereocenters. The molecule has 4 nitrogen and oxygen atoms in total. The average molecular weight is 413 g/mol. The minimum atomic E-state index is -0.391. The molecule has 0 aromatic rings. The maximum atomic E-state index is 9.85. The molecule has 5 atom stereocenters. The second kappa shape index (κ2) is 7.40. The number of ether oxygens (including phenoxy) is 3. The largest absolute Gasteiger partial charge is 0.499 e. The molecule has 5 aliphatic rings. The van der Waals surface area contributed by atoms with Gasteiger partial charge in [-0.2, -0.15) is 0 Å². The first-order valence-corrected chi connectivity index (χ1v) is 11.8. The molecule has 1 spiro atoms. The number of terminal acetylenes is 1. The fraction of sp³-hybridized carbons (Fsp3) is 0.769. The Labute approximate surface area is 181 Å². The Bertz CT molecular complexity index is 792. The van der Waals surface area contributed by atoms with Crippen LogP contribution in [0.4, 0.5) is 0 Å². The summed E-state index contributed by atoms with van der Waals surface area (Å²) in [4.78, 5) is 0. The molecule has 30 heavy (non-hydrogen) atoms. The van der Waals surface area contributed by atoms with Crippen molar-refractivity contribution < 1.29 is 19.3 Å². The summed E-state index contributed by atoms with van der Waals surface area (Å²) in [5.41, 5.74) is 3.14. The molecule has 4 fully saturated rings. The lowest BCUT2D eigenvalue weighted by Crippen LogP contribution is -2.53. The third kappa shape index (κ3) is 2.78. The Balaban J connectivity index is 1.50. The Morgan fingerprint density at radius 3 is 2.73 bits per heavy atom. The summed E-state index contributed by atoms with van der Waals surface area (Å²) in [5.74, 6) is 5.43. The van der Waals surface area contributed by atoms with E-state index in [2.05, 4.69) is 18.9 Å². The average Bonchev–Trinajstić information content (AvgIpc) is 3.34. The predicted octanol–water partition coefficient (Wildman–Crippen LogP) is 4.59. The predicted molar refractivity (Wildman–Crippen MR) is 115 cm³/mol. The normalized spacial score (nSPS) is 43.3. The highest BCUT2D eigenvalue weighted by molar-refractivity contribution is 5.33. The summed E-state index contributed by atoms with van der Waals surface area (Å²) >= 11 is 0. The lowest BCUT2D eigenvalue weighted by Gasteiger charge is -2.59. The number of hydrogen-bond donors (Lipinski definition) is 1. The number of methoxy groups -OCH3 is 1. The van der Waals surface area contributed by atoms with Crippen molar-refractivity contribution in [1.82, 2.24) is 0 Å². The molecular formula is C26H36O4. The van der Waals surface area contributed by atoms with Crippen LogP contribution in [0.3, 0.4) is 0 Å². The molecule has 1 saturated heterocycles. The summed E-state index contributed by atoms with van der Waals surface area (Å²) in [7, 11) is 1.70. The van der Waals surface area contributed by atoms with Gasteiger partial charge in [0.2, 0.25) is 0 Å². The molecule has 1 aliphatic heterocycles. The zero-order chi connectivity index (χ0) is 21.0. The molecule has 0 aromatic heterocycles. The lowest BCUT2D eigenvalue weighted by molar-refractivity contribution is -0.185. The van der Waals surface area contributed by atoms with Gasteiger partial charge in [-0.3, -0.25) is 0 Å². The Hall–Kier alpha value is -1.28. The fourth-order valence-electron chi connectivity index (χ4n) is 8.22. The van der Waals surface area contributed by atoms with E-state index in [-0.39, 0.29) is 17.4 Å². The molecule has 0 radical (unpaired) electrons. The van der Waals surface area contributed by atoms with Gasteiger partial charge in [0.25, 0.3) is 0 Å². The standard InChI is InChI=1S/C26H36O4/c1-4-10-25-12-13-26(29-14-15-30-26)16-18(25)5-6-19-20-7-8-22(23(17-27)28-3)24(20,2)11-9-21(19)25/h1,5,19-21,27H,6-17H2,2-3H3/b23-22+/t19-,20-,21-,24-,25-/m0/s1. The molecule has 1 N–H and O–H groups in total.